The first-order valence-corrected chi connectivity index (χ1v) is 9.79. The van der Waals surface area contributed by atoms with E-state index in [-0.39, 0.29) is 24.4 Å². The zero-order valence-electron chi connectivity index (χ0n) is 16.7. The van der Waals surface area contributed by atoms with Crippen LogP contribution in [0.5, 0.6) is 0 Å². The Balaban J connectivity index is 0.00000225. The number of rotatable bonds is 4. The summed E-state index contributed by atoms with van der Waals surface area (Å²) in [6.45, 7) is 7.23. The quantitative estimate of drug-likeness (QED) is 0.704. The van der Waals surface area contributed by atoms with Crippen LogP contribution < -0.4 is 10.6 Å². The summed E-state index contributed by atoms with van der Waals surface area (Å²) in [7, 11) is 0. The van der Waals surface area contributed by atoms with Gasteiger partial charge in [-0.3, -0.25) is 4.79 Å². The molecule has 2 unspecified atom stereocenters. The van der Waals surface area contributed by atoms with Gasteiger partial charge >= 0.3 is 0 Å². The standard InChI is InChI=1S/C21H27N5O.ClH/c1-13-12-16(10-11-22-13)24-20(27)9-8-17-14(2)23-21-18-6-4-5-7-19(18)25-26(21)15(17)3;/h4-7,13,16,22H,8-12H2,1-3H3,(H,24,27);1H. The highest BCUT2D eigenvalue weighted by molar-refractivity contribution is 5.92. The van der Waals surface area contributed by atoms with Crippen molar-refractivity contribution in [1.29, 1.82) is 0 Å². The molecular formula is C21H28ClN5O. The maximum atomic E-state index is 12.4. The molecule has 1 aromatic carbocycles. The summed E-state index contributed by atoms with van der Waals surface area (Å²) in [5.41, 5.74) is 5.00. The molecule has 4 rings (SSSR count). The van der Waals surface area contributed by atoms with Crippen molar-refractivity contribution in [2.24, 2.45) is 0 Å². The lowest BCUT2D eigenvalue weighted by molar-refractivity contribution is -0.122. The average Bonchev–Trinajstić information content (AvgIpc) is 3.00. The molecule has 150 valence electrons. The Hall–Kier alpha value is -2.18. The van der Waals surface area contributed by atoms with E-state index < -0.39 is 0 Å². The molecule has 1 aliphatic heterocycles. The highest BCUT2D eigenvalue weighted by atomic mass is 35.5. The Morgan fingerprint density at radius 2 is 2.11 bits per heavy atom. The van der Waals surface area contributed by atoms with E-state index in [1.54, 1.807) is 0 Å². The molecule has 0 spiro atoms. The SMILES string of the molecule is Cc1nc2c3ccccc3nn2c(C)c1CCC(=O)NC1CCNC(C)C1.Cl. The van der Waals surface area contributed by atoms with Gasteiger partial charge in [-0.25, -0.2) is 9.50 Å². The molecule has 6 nitrogen and oxygen atoms in total. The molecule has 0 saturated carbocycles. The number of halogens is 1. The maximum absolute atomic E-state index is 12.4. The van der Waals surface area contributed by atoms with Gasteiger partial charge in [-0.05, 0) is 64.3 Å². The van der Waals surface area contributed by atoms with Gasteiger partial charge in [0.1, 0.15) is 0 Å². The zero-order valence-corrected chi connectivity index (χ0v) is 17.5. The van der Waals surface area contributed by atoms with Crippen LogP contribution in [-0.4, -0.2) is 39.1 Å². The number of aryl methyl sites for hydroxylation is 2. The third-order valence-corrected chi connectivity index (χ3v) is 5.61. The van der Waals surface area contributed by atoms with Crippen molar-refractivity contribution in [2.45, 2.75) is 58.5 Å². The molecule has 7 heteroatoms. The Bertz CT molecular complexity index is 999. The summed E-state index contributed by atoms with van der Waals surface area (Å²) < 4.78 is 1.92. The Morgan fingerprint density at radius 3 is 2.89 bits per heavy atom. The molecule has 0 bridgehead atoms. The van der Waals surface area contributed by atoms with Crippen molar-refractivity contribution in [3.8, 4) is 0 Å². The number of benzene rings is 1. The van der Waals surface area contributed by atoms with Crippen molar-refractivity contribution < 1.29 is 4.79 Å². The first kappa shape index (κ1) is 20.6. The highest BCUT2D eigenvalue weighted by Gasteiger charge is 2.20. The van der Waals surface area contributed by atoms with Crippen LogP contribution in [0.1, 0.15) is 43.1 Å². The molecular weight excluding hydrogens is 374 g/mol. The van der Waals surface area contributed by atoms with E-state index in [1.165, 1.54) is 0 Å². The van der Waals surface area contributed by atoms with Crippen molar-refractivity contribution in [1.82, 2.24) is 25.2 Å². The lowest BCUT2D eigenvalue weighted by Gasteiger charge is -2.28. The van der Waals surface area contributed by atoms with Crippen molar-refractivity contribution in [3.63, 3.8) is 0 Å². The second-order valence-corrected chi connectivity index (χ2v) is 7.66. The lowest BCUT2D eigenvalue weighted by atomic mass is 10.00. The number of nitrogens with one attached hydrogen (secondary N) is 2. The minimum Gasteiger partial charge on any atom is -0.353 e. The topological polar surface area (TPSA) is 71.3 Å². The molecule has 3 heterocycles. The third-order valence-electron chi connectivity index (χ3n) is 5.61. The van der Waals surface area contributed by atoms with Crippen LogP contribution >= 0.6 is 12.4 Å². The van der Waals surface area contributed by atoms with Crippen LogP contribution in [0.25, 0.3) is 16.6 Å². The van der Waals surface area contributed by atoms with E-state index in [9.17, 15) is 4.79 Å². The largest absolute Gasteiger partial charge is 0.353 e. The summed E-state index contributed by atoms with van der Waals surface area (Å²) in [6.07, 6.45) is 3.16. The fourth-order valence-corrected chi connectivity index (χ4v) is 4.14. The van der Waals surface area contributed by atoms with Gasteiger partial charge in [0.15, 0.2) is 5.65 Å². The average molecular weight is 402 g/mol. The maximum Gasteiger partial charge on any atom is 0.220 e. The molecule has 1 aliphatic rings. The van der Waals surface area contributed by atoms with Crippen LogP contribution in [0.4, 0.5) is 0 Å². The number of carbonyl (C=O) groups excluding carboxylic acids is 1. The van der Waals surface area contributed by atoms with E-state index in [0.717, 1.165) is 52.9 Å². The molecule has 3 aromatic rings. The number of piperidine rings is 1. The summed E-state index contributed by atoms with van der Waals surface area (Å²) in [6, 6.07) is 8.81. The number of fused-ring (bicyclic) bond motifs is 3. The first-order chi connectivity index (χ1) is 13.0. The molecule has 0 radical (unpaired) electrons. The Morgan fingerprint density at radius 1 is 1.32 bits per heavy atom. The van der Waals surface area contributed by atoms with Gasteiger partial charge in [0.2, 0.25) is 5.91 Å². The summed E-state index contributed by atoms with van der Waals surface area (Å²) in [5, 5.41) is 12.4. The first-order valence-electron chi connectivity index (χ1n) is 9.79. The second kappa shape index (κ2) is 8.45. The third kappa shape index (κ3) is 3.98. The van der Waals surface area contributed by atoms with Crippen molar-refractivity contribution in [2.75, 3.05) is 6.54 Å². The van der Waals surface area contributed by atoms with E-state index >= 15 is 0 Å². The number of hydrogen-bond donors (Lipinski definition) is 2. The normalized spacial score (nSPS) is 19.5. The van der Waals surface area contributed by atoms with Crippen LogP contribution in [0.2, 0.25) is 0 Å². The van der Waals surface area contributed by atoms with E-state index in [2.05, 4.69) is 30.5 Å². The number of nitrogens with zero attached hydrogens (tertiary/aromatic N) is 3. The number of amides is 1. The molecule has 1 amide bonds. The monoisotopic (exact) mass is 401 g/mol. The van der Waals surface area contributed by atoms with E-state index in [4.69, 9.17) is 10.1 Å². The summed E-state index contributed by atoms with van der Waals surface area (Å²) in [4.78, 5) is 17.2. The molecule has 28 heavy (non-hydrogen) atoms. The van der Waals surface area contributed by atoms with Gasteiger partial charge in [0.25, 0.3) is 0 Å². The number of carbonyl (C=O) groups is 1. The highest BCUT2D eigenvalue weighted by Crippen LogP contribution is 2.23. The minimum absolute atomic E-state index is 0. The minimum atomic E-state index is 0. The van der Waals surface area contributed by atoms with Crippen molar-refractivity contribution in [3.05, 3.63) is 41.2 Å². The number of hydrogen-bond acceptors (Lipinski definition) is 4. The Kier molecular flexibility index (Phi) is 6.20. The molecule has 1 fully saturated rings. The van der Waals surface area contributed by atoms with Crippen molar-refractivity contribution >= 4 is 34.9 Å². The van der Waals surface area contributed by atoms with E-state index in [1.807, 2.05) is 29.6 Å². The number of aromatic nitrogens is 3. The predicted molar refractivity (Wildman–Crippen MR) is 114 cm³/mol. The van der Waals surface area contributed by atoms with Gasteiger partial charge in [0, 0.05) is 35.3 Å². The molecule has 1 saturated heterocycles. The molecule has 2 N–H and O–H groups in total. The summed E-state index contributed by atoms with van der Waals surface area (Å²) in [5.74, 6) is 0.124. The van der Waals surface area contributed by atoms with Gasteiger partial charge in [0.05, 0.1) is 5.52 Å². The van der Waals surface area contributed by atoms with Crippen LogP contribution in [-0.2, 0) is 11.2 Å². The molecule has 2 atom stereocenters. The molecule has 2 aromatic heterocycles. The van der Waals surface area contributed by atoms with Crippen LogP contribution in [0, 0.1) is 13.8 Å². The van der Waals surface area contributed by atoms with Gasteiger partial charge in [-0.2, -0.15) is 5.10 Å². The fraction of sp³-hybridized carbons (Fsp3) is 0.476. The zero-order chi connectivity index (χ0) is 19.0. The molecule has 0 aliphatic carbocycles. The van der Waals surface area contributed by atoms with Crippen LogP contribution in [0.15, 0.2) is 24.3 Å². The second-order valence-electron chi connectivity index (χ2n) is 7.66. The van der Waals surface area contributed by atoms with Crippen LogP contribution in [0.3, 0.4) is 0 Å². The van der Waals surface area contributed by atoms with Gasteiger partial charge in [-0.15, -0.1) is 12.4 Å². The van der Waals surface area contributed by atoms with Gasteiger partial charge < -0.3 is 10.6 Å². The Labute approximate surface area is 171 Å². The smallest absolute Gasteiger partial charge is 0.220 e. The fourth-order valence-electron chi connectivity index (χ4n) is 4.14. The summed E-state index contributed by atoms with van der Waals surface area (Å²) >= 11 is 0. The predicted octanol–water partition coefficient (Wildman–Crippen LogP) is 3.11. The lowest BCUT2D eigenvalue weighted by Crippen LogP contribution is -2.46. The van der Waals surface area contributed by atoms with Gasteiger partial charge in [-0.1, -0.05) is 12.1 Å². The van der Waals surface area contributed by atoms with E-state index in [0.29, 0.717) is 18.9 Å².